The van der Waals surface area contributed by atoms with Crippen LogP contribution in [0.4, 0.5) is 4.79 Å². The van der Waals surface area contributed by atoms with E-state index in [9.17, 15) is 14.4 Å². The van der Waals surface area contributed by atoms with Gasteiger partial charge in [0.1, 0.15) is 12.6 Å². The fourth-order valence-electron chi connectivity index (χ4n) is 3.05. The second-order valence-corrected chi connectivity index (χ2v) is 8.94. The van der Waals surface area contributed by atoms with Crippen LogP contribution in [0.2, 0.25) is 0 Å². The van der Waals surface area contributed by atoms with Gasteiger partial charge in [0, 0.05) is 0 Å². The van der Waals surface area contributed by atoms with E-state index in [-0.39, 0.29) is 4.91 Å². The maximum Gasteiger partial charge on any atom is 0.328 e. The predicted octanol–water partition coefficient (Wildman–Crippen LogP) is 4.87. The summed E-state index contributed by atoms with van der Waals surface area (Å²) >= 11 is 2.94. The number of rotatable bonds is 8. The molecule has 2 amide bonds. The van der Waals surface area contributed by atoms with Crippen molar-refractivity contribution in [3.05, 3.63) is 62.1 Å². The van der Waals surface area contributed by atoms with Crippen molar-refractivity contribution < 1.29 is 28.6 Å². The molecule has 1 fully saturated rings. The molecule has 168 valence electrons. The van der Waals surface area contributed by atoms with Crippen LogP contribution in [0.5, 0.6) is 11.5 Å². The molecule has 3 rings (SSSR count). The van der Waals surface area contributed by atoms with Crippen molar-refractivity contribution >= 4 is 57.5 Å². The molecule has 2 aromatic rings. The van der Waals surface area contributed by atoms with E-state index in [1.54, 1.807) is 12.1 Å². The second kappa shape index (κ2) is 10.9. The summed E-state index contributed by atoms with van der Waals surface area (Å²) in [6, 6.07) is 12.4. The first-order valence-corrected chi connectivity index (χ1v) is 11.7. The first kappa shape index (κ1) is 24.1. The van der Waals surface area contributed by atoms with Gasteiger partial charge in [-0.2, -0.15) is 0 Å². The van der Waals surface area contributed by atoms with Gasteiger partial charge in [0.2, 0.25) is 0 Å². The average Bonchev–Trinajstić information content (AvgIpc) is 3.05. The molecule has 1 heterocycles. The number of imide groups is 1. The van der Waals surface area contributed by atoms with Crippen molar-refractivity contribution in [3.8, 4) is 11.5 Å². The number of thioether (sulfide) groups is 1. The number of benzene rings is 2. The Labute approximate surface area is 204 Å². The minimum absolute atomic E-state index is 0.224. The SMILES string of the molecule is CCOc1cc(/C=C2/SC(=O)N([C@H](C)C(=O)OC)C2=O)cc(I)c1OCc1ccccc1. The summed E-state index contributed by atoms with van der Waals surface area (Å²) in [5, 5.41) is -0.512. The van der Waals surface area contributed by atoms with Crippen molar-refractivity contribution in [2.75, 3.05) is 13.7 Å². The number of ether oxygens (including phenoxy) is 3. The Balaban J connectivity index is 1.87. The third kappa shape index (κ3) is 5.44. The number of methoxy groups -OCH3 is 1. The normalized spacial score (nSPS) is 15.8. The Morgan fingerprint density at radius 2 is 1.91 bits per heavy atom. The van der Waals surface area contributed by atoms with Crippen LogP contribution in [0.1, 0.15) is 25.0 Å². The Morgan fingerprint density at radius 3 is 2.56 bits per heavy atom. The minimum Gasteiger partial charge on any atom is -0.490 e. The van der Waals surface area contributed by atoms with Gasteiger partial charge in [-0.25, -0.2) is 4.79 Å². The van der Waals surface area contributed by atoms with E-state index in [1.165, 1.54) is 14.0 Å². The molecule has 1 aliphatic rings. The molecule has 1 saturated heterocycles. The fraction of sp³-hybridized carbons (Fsp3) is 0.261. The molecule has 1 atom stereocenters. The molecule has 0 aliphatic carbocycles. The van der Waals surface area contributed by atoms with Gasteiger partial charge in [0.05, 0.1) is 22.2 Å². The van der Waals surface area contributed by atoms with Gasteiger partial charge in [-0.05, 0) is 77.5 Å². The van der Waals surface area contributed by atoms with E-state index in [0.717, 1.165) is 25.8 Å². The lowest BCUT2D eigenvalue weighted by atomic mass is 10.1. The highest BCUT2D eigenvalue weighted by Crippen LogP contribution is 2.38. The van der Waals surface area contributed by atoms with Crippen LogP contribution < -0.4 is 9.47 Å². The highest BCUT2D eigenvalue weighted by Gasteiger charge is 2.41. The molecule has 0 N–H and O–H groups in total. The van der Waals surface area contributed by atoms with Crippen molar-refractivity contribution in [3.63, 3.8) is 0 Å². The fourth-order valence-corrected chi connectivity index (χ4v) is 4.73. The number of nitrogens with zero attached hydrogens (tertiary/aromatic N) is 1. The first-order chi connectivity index (χ1) is 15.3. The number of carbonyl (C=O) groups excluding carboxylic acids is 3. The average molecular weight is 567 g/mol. The zero-order valence-electron chi connectivity index (χ0n) is 17.8. The van der Waals surface area contributed by atoms with Crippen molar-refractivity contribution in [1.82, 2.24) is 4.90 Å². The van der Waals surface area contributed by atoms with Crippen LogP contribution in [0, 0.1) is 3.57 Å². The molecule has 9 heteroatoms. The van der Waals surface area contributed by atoms with Gasteiger partial charge in [0.15, 0.2) is 11.5 Å². The maximum atomic E-state index is 12.8. The highest BCUT2D eigenvalue weighted by atomic mass is 127. The summed E-state index contributed by atoms with van der Waals surface area (Å²) in [5.74, 6) is -0.0264. The summed E-state index contributed by atoms with van der Waals surface area (Å²) in [4.78, 5) is 38.0. The van der Waals surface area contributed by atoms with Crippen LogP contribution in [0.15, 0.2) is 47.4 Å². The van der Waals surface area contributed by atoms with Crippen LogP contribution in [0.3, 0.4) is 0 Å². The van der Waals surface area contributed by atoms with E-state index in [4.69, 9.17) is 9.47 Å². The molecule has 0 aromatic heterocycles. The Hall–Kier alpha value is -2.53. The molecule has 0 unspecified atom stereocenters. The van der Waals surface area contributed by atoms with E-state index >= 15 is 0 Å². The second-order valence-electron chi connectivity index (χ2n) is 6.79. The van der Waals surface area contributed by atoms with Crippen LogP contribution in [-0.2, 0) is 20.9 Å². The van der Waals surface area contributed by atoms with Gasteiger partial charge < -0.3 is 14.2 Å². The highest BCUT2D eigenvalue weighted by molar-refractivity contribution is 14.1. The number of carbonyl (C=O) groups is 3. The monoisotopic (exact) mass is 567 g/mol. The van der Waals surface area contributed by atoms with Crippen LogP contribution >= 0.6 is 34.4 Å². The lowest BCUT2D eigenvalue weighted by molar-refractivity contribution is -0.148. The standard InChI is InChI=1S/C23H22INO6S/c1-4-30-18-11-16(10-17(24)20(18)31-13-15-8-6-5-7-9-15)12-19-21(26)25(23(28)32-19)14(2)22(27)29-3/h5-12,14H,4,13H2,1-3H3/b19-12+/t14-/m1/s1. The lowest BCUT2D eigenvalue weighted by Gasteiger charge is -2.18. The molecule has 2 aromatic carbocycles. The molecule has 32 heavy (non-hydrogen) atoms. The maximum absolute atomic E-state index is 12.8. The molecule has 0 spiro atoms. The van der Waals surface area contributed by atoms with Gasteiger partial charge in [-0.3, -0.25) is 14.5 Å². The summed E-state index contributed by atoms with van der Waals surface area (Å²) in [6.45, 7) is 4.16. The lowest BCUT2D eigenvalue weighted by Crippen LogP contribution is -2.42. The van der Waals surface area contributed by atoms with Gasteiger partial charge in [-0.15, -0.1) is 0 Å². The minimum atomic E-state index is -0.994. The number of halogens is 1. The summed E-state index contributed by atoms with van der Waals surface area (Å²) < 4.78 is 17.3. The quantitative estimate of drug-likeness (QED) is 0.256. The zero-order chi connectivity index (χ0) is 23.3. The van der Waals surface area contributed by atoms with Gasteiger partial charge in [0.25, 0.3) is 11.1 Å². The van der Waals surface area contributed by atoms with Crippen molar-refractivity contribution in [1.29, 1.82) is 0 Å². The van der Waals surface area contributed by atoms with E-state index < -0.39 is 23.2 Å². The number of amides is 2. The number of hydrogen-bond acceptors (Lipinski definition) is 7. The zero-order valence-corrected chi connectivity index (χ0v) is 20.8. The topological polar surface area (TPSA) is 82.1 Å². The Kier molecular flexibility index (Phi) is 8.19. The summed E-state index contributed by atoms with van der Waals surface area (Å²) in [5.41, 5.74) is 1.71. The van der Waals surface area contributed by atoms with Gasteiger partial charge >= 0.3 is 5.97 Å². The van der Waals surface area contributed by atoms with Crippen LogP contribution in [-0.4, -0.2) is 41.8 Å². The smallest absolute Gasteiger partial charge is 0.328 e. The van der Waals surface area contributed by atoms with E-state index in [0.29, 0.717) is 30.3 Å². The number of esters is 1. The van der Waals surface area contributed by atoms with Crippen LogP contribution in [0.25, 0.3) is 6.08 Å². The summed E-state index contributed by atoms with van der Waals surface area (Å²) in [7, 11) is 1.21. The molecule has 7 nitrogen and oxygen atoms in total. The Bertz CT molecular complexity index is 1060. The van der Waals surface area contributed by atoms with E-state index in [1.807, 2.05) is 43.3 Å². The third-order valence-corrected chi connectivity index (χ3v) is 6.29. The molecule has 0 bridgehead atoms. The third-order valence-electron chi connectivity index (χ3n) is 4.61. The first-order valence-electron chi connectivity index (χ1n) is 9.83. The predicted molar refractivity (Wildman–Crippen MR) is 130 cm³/mol. The molecule has 1 aliphatic heterocycles. The van der Waals surface area contributed by atoms with E-state index in [2.05, 4.69) is 27.3 Å². The molecule has 0 saturated carbocycles. The Morgan fingerprint density at radius 1 is 1.19 bits per heavy atom. The molecular weight excluding hydrogens is 545 g/mol. The molecular formula is C23H22INO6S. The number of hydrogen-bond donors (Lipinski definition) is 0. The van der Waals surface area contributed by atoms with Crippen molar-refractivity contribution in [2.24, 2.45) is 0 Å². The summed E-state index contributed by atoms with van der Waals surface area (Å²) in [6.07, 6.45) is 1.61. The molecule has 0 radical (unpaired) electrons. The largest absolute Gasteiger partial charge is 0.490 e. The van der Waals surface area contributed by atoms with Crippen molar-refractivity contribution in [2.45, 2.75) is 26.5 Å². The van der Waals surface area contributed by atoms with Gasteiger partial charge in [-0.1, -0.05) is 30.3 Å².